The van der Waals surface area contributed by atoms with Crippen molar-refractivity contribution in [3.8, 4) is 11.5 Å². The minimum Gasteiger partial charge on any atom is -0.504 e. The van der Waals surface area contributed by atoms with E-state index in [0.29, 0.717) is 12.5 Å². The molecule has 1 atom stereocenters. The number of halogens is 1. The minimum atomic E-state index is -0.859. The number of hydrogen-bond acceptors (Lipinski definition) is 6. The van der Waals surface area contributed by atoms with Gasteiger partial charge in [-0.05, 0) is 37.4 Å². The van der Waals surface area contributed by atoms with Crippen LogP contribution in [-0.4, -0.2) is 45.5 Å². The number of phenols is 2. The second-order valence-electron chi connectivity index (χ2n) is 5.81. The van der Waals surface area contributed by atoms with Crippen molar-refractivity contribution in [2.75, 3.05) is 19.6 Å². The molecule has 23 heavy (non-hydrogen) atoms. The van der Waals surface area contributed by atoms with Crippen molar-refractivity contribution < 1.29 is 19.9 Å². The number of rotatable bonds is 5. The van der Waals surface area contributed by atoms with Crippen LogP contribution in [0, 0.1) is 16.0 Å². The highest BCUT2D eigenvalue weighted by Gasteiger charge is 2.27. The van der Waals surface area contributed by atoms with Gasteiger partial charge in [-0.3, -0.25) is 14.9 Å². The summed E-state index contributed by atoms with van der Waals surface area (Å²) in [6, 6.07) is 2.28. The summed E-state index contributed by atoms with van der Waals surface area (Å²) in [6.07, 6.45) is 2.43. The molecule has 1 unspecified atom stereocenters. The Hall–Kier alpha value is -1.86. The third kappa shape index (κ3) is 4.56. The van der Waals surface area contributed by atoms with Crippen molar-refractivity contribution in [2.24, 2.45) is 5.92 Å². The van der Waals surface area contributed by atoms with Crippen LogP contribution in [-0.2, 0) is 0 Å². The summed E-state index contributed by atoms with van der Waals surface area (Å²) in [5, 5.41) is 30.0. The Morgan fingerprint density at radius 2 is 2.13 bits per heavy atom. The number of nitro groups is 1. The van der Waals surface area contributed by atoms with Crippen LogP contribution >= 0.6 is 12.4 Å². The number of hydrogen-bond donors (Lipinski definition) is 2. The van der Waals surface area contributed by atoms with Gasteiger partial charge in [0.2, 0.25) is 5.75 Å². The van der Waals surface area contributed by atoms with Crippen molar-refractivity contribution >= 4 is 23.9 Å². The van der Waals surface area contributed by atoms with E-state index in [0.717, 1.165) is 25.6 Å². The van der Waals surface area contributed by atoms with Gasteiger partial charge in [0.25, 0.3) is 0 Å². The number of benzene rings is 1. The molecule has 0 bridgehead atoms. The molecule has 0 saturated carbocycles. The predicted octanol–water partition coefficient (Wildman–Crippen LogP) is 2.73. The molecule has 0 amide bonds. The fourth-order valence-corrected chi connectivity index (χ4v) is 2.86. The van der Waals surface area contributed by atoms with Crippen molar-refractivity contribution in [1.82, 2.24) is 4.90 Å². The maximum Gasteiger partial charge on any atom is 0.325 e. The molecule has 2 N–H and O–H groups in total. The van der Waals surface area contributed by atoms with E-state index in [1.807, 2.05) is 0 Å². The average Bonchev–Trinajstić information content (AvgIpc) is 2.47. The molecule has 1 fully saturated rings. The molecule has 0 aliphatic carbocycles. The lowest BCUT2D eigenvalue weighted by Gasteiger charge is -2.30. The third-order valence-corrected chi connectivity index (χ3v) is 4.01. The van der Waals surface area contributed by atoms with Crippen LogP contribution in [0.25, 0.3) is 0 Å². The van der Waals surface area contributed by atoms with Gasteiger partial charge in [-0.25, -0.2) is 0 Å². The van der Waals surface area contributed by atoms with E-state index in [2.05, 4.69) is 11.8 Å². The molecule has 0 spiro atoms. The van der Waals surface area contributed by atoms with Gasteiger partial charge in [-0.1, -0.05) is 6.92 Å². The maximum absolute atomic E-state index is 12.2. The van der Waals surface area contributed by atoms with Crippen LogP contribution in [0.1, 0.15) is 36.5 Å². The molecule has 2 rings (SSSR count). The van der Waals surface area contributed by atoms with Crippen LogP contribution in [0.4, 0.5) is 5.69 Å². The molecule has 8 heteroatoms. The highest BCUT2D eigenvalue weighted by molar-refractivity contribution is 6.01. The number of nitro benzene ring substituents is 1. The Kier molecular flexibility index (Phi) is 6.78. The van der Waals surface area contributed by atoms with Gasteiger partial charge in [-0.2, -0.15) is 0 Å². The SMILES string of the molecule is CC1CCCN(CCC(=O)c2ccc(O)c(O)c2[N+](=O)[O-])C1.Cl. The number of Topliss-reactive ketones (excluding diaryl/α,β-unsaturated/α-hetero) is 1. The first kappa shape index (κ1) is 19.2. The topological polar surface area (TPSA) is 104 Å². The zero-order valence-corrected chi connectivity index (χ0v) is 13.7. The number of aromatic hydroxyl groups is 2. The first-order valence-electron chi connectivity index (χ1n) is 7.35. The molecule has 0 radical (unpaired) electrons. The van der Waals surface area contributed by atoms with E-state index in [-0.39, 0.29) is 24.4 Å². The smallest absolute Gasteiger partial charge is 0.325 e. The lowest BCUT2D eigenvalue weighted by atomic mass is 9.99. The molecule has 128 valence electrons. The summed E-state index contributed by atoms with van der Waals surface area (Å²) in [4.78, 5) is 24.6. The number of carbonyl (C=O) groups is 1. The van der Waals surface area contributed by atoms with Crippen LogP contribution in [0.2, 0.25) is 0 Å². The third-order valence-electron chi connectivity index (χ3n) is 4.01. The number of carbonyl (C=O) groups excluding carboxylic acids is 1. The Morgan fingerprint density at radius 1 is 1.43 bits per heavy atom. The first-order valence-corrected chi connectivity index (χ1v) is 7.35. The molecular weight excluding hydrogens is 324 g/mol. The van der Waals surface area contributed by atoms with Crippen molar-refractivity contribution in [1.29, 1.82) is 0 Å². The Labute approximate surface area is 140 Å². The van der Waals surface area contributed by atoms with E-state index < -0.39 is 27.9 Å². The Balaban J connectivity index is 0.00000264. The molecule has 1 aromatic rings. The highest BCUT2D eigenvalue weighted by atomic mass is 35.5. The van der Waals surface area contributed by atoms with Gasteiger partial charge < -0.3 is 15.1 Å². The van der Waals surface area contributed by atoms with Crippen LogP contribution < -0.4 is 0 Å². The zero-order chi connectivity index (χ0) is 16.3. The molecule has 1 aliphatic heterocycles. The van der Waals surface area contributed by atoms with Gasteiger partial charge in [0.15, 0.2) is 11.5 Å². The van der Waals surface area contributed by atoms with E-state index in [1.165, 1.54) is 12.5 Å². The van der Waals surface area contributed by atoms with Crippen LogP contribution in [0.5, 0.6) is 11.5 Å². The highest BCUT2D eigenvalue weighted by Crippen LogP contribution is 2.38. The maximum atomic E-state index is 12.2. The summed E-state index contributed by atoms with van der Waals surface area (Å²) in [5.41, 5.74) is -0.887. The van der Waals surface area contributed by atoms with Crippen molar-refractivity contribution in [2.45, 2.75) is 26.2 Å². The number of likely N-dealkylation sites (tertiary alicyclic amines) is 1. The molecule has 1 saturated heterocycles. The lowest BCUT2D eigenvalue weighted by Crippen LogP contribution is -2.35. The number of nitrogens with zero attached hydrogens (tertiary/aromatic N) is 2. The summed E-state index contributed by atoms with van der Waals surface area (Å²) >= 11 is 0. The molecule has 0 aromatic heterocycles. The van der Waals surface area contributed by atoms with Crippen molar-refractivity contribution in [3.63, 3.8) is 0 Å². The summed E-state index contributed by atoms with van der Waals surface area (Å²) < 4.78 is 0. The normalized spacial score (nSPS) is 18.2. The van der Waals surface area contributed by atoms with Crippen LogP contribution in [0.15, 0.2) is 12.1 Å². The lowest BCUT2D eigenvalue weighted by molar-refractivity contribution is -0.386. The minimum absolute atomic E-state index is 0. The Morgan fingerprint density at radius 3 is 2.74 bits per heavy atom. The molecule has 7 nitrogen and oxygen atoms in total. The molecule has 1 aliphatic rings. The zero-order valence-electron chi connectivity index (χ0n) is 12.9. The van der Waals surface area contributed by atoms with Crippen molar-refractivity contribution in [3.05, 3.63) is 27.8 Å². The predicted molar refractivity (Wildman–Crippen MR) is 87.5 cm³/mol. The van der Waals surface area contributed by atoms with E-state index >= 15 is 0 Å². The number of phenolic OH excluding ortho intramolecular Hbond substituents is 2. The second kappa shape index (κ2) is 8.12. The van der Waals surface area contributed by atoms with Crippen LogP contribution in [0.3, 0.4) is 0 Å². The largest absolute Gasteiger partial charge is 0.504 e. The average molecular weight is 345 g/mol. The van der Waals surface area contributed by atoms with Gasteiger partial charge in [0, 0.05) is 19.5 Å². The molecular formula is C15H21ClN2O5. The van der Waals surface area contributed by atoms with Gasteiger partial charge >= 0.3 is 5.69 Å². The Bertz CT molecular complexity index is 593. The first-order chi connectivity index (χ1) is 10.4. The number of piperidine rings is 1. The summed E-state index contributed by atoms with van der Waals surface area (Å²) in [6.45, 7) is 4.57. The standard InChI is InChI=1S/C15H20N2O5.ClH/c1-10-3-2-7-16(9-10)8-6-12(18)11-4-5-13(19)15(20)14(11)17(21)22;/h4-5,10,19-20H,2-3,6-9H2,1H3;1H. The van der Waals surface area contributed by atoms with Gasteiger partial charge in [0.1, 0.15) is 0 Å². The fourth-order valence-electron chi connectivity index (χ4n) is 2.86. The van der Waals surface area contributed by atoms with E-state index in [9.17, 15) is 25.1 Å². The molecule has 1 aromatic carbocycles. The van der Waals surface area contributed by atoms with E-state index in [4.69, 9.17) is 0 Å². The fraction of sp³-hybridized carbons (Fsp3) is 0.533. The summed E-state index contributed by atoms with van der Waals surface area (Å²) in [5.74, 6) is -1.27. The van der Waals surface area contributed by atoms with E-state index in [1.54, 1.807) is 0 Å². The van der Waals surface area contributed by atoms with Gasteiger partial charge in [-0.15, -0.1) is 12.4 Å². The van der Waals surface area contributed by atoms with Gasteiger partial charge in [0.05, 0.1) is 10.5 Å². The second-order valence-corrected chi connectivity index (χ2v) is 5.81. The summed E-state index contributed by atoms with van der Waals surface area (Å²) in [7, 11) is 0. The monoisotopic (exact) mass is 344 g/mol. The number of ketones is 1. The quantitative estimate of drug-likeness (QED) is 0.368. The molecule has 1 heterocycles.